The van der Waals surface area contributed by atoms with Gasteiger partial charge in [0.2, 0.25) is 0 Å². The minimum Gasteiger partial charge on any atom is -0.491 e. The van der Waals surface area contributed by atoms with Crippen molar-refractivity contribution in [2.45, 2.75) is 12.3 Å². The van der Waals surface area contributed by atoms with E-state index in [0.717, 1.165) is 25.2 Å². The molecule has 1 aromatic rings. The zero-order chi connectivity index (χ0) is 10.7. The summed E-state index contributed by atoms with van der Waals surface area (Å²) in [5.41, 5.74) is 1.08. The van der Waals surface area contributed by atoms with Gasteiger partial charge in [0.05, 0.1) is 14.2 Å². The van der Waals surface area contributed by atoms with Gasteiger partial charge in [0.1, 0.15) is 0 Å². The number of pyridine rings is 1. The Labute approximate surface area is 89.6 Å². The fourth-order valence-corrected chi connectivity index (χ4v) is 1.88. The van der Waals surface area contributed by atoms with Gasteiger partial charge in [0, 0.05) is 18.2 Å². The second kappa shape index (κ2) is 4.49. The van der Waals surface area contributed by atoms with Gasteiger partial charge in [0.25, 0.3) is 5.88 Å². The van der Waals surface area contributed by atoms with E-state index < -0.39 is 0 Å². The van der Waals surface area contributed by atoms with Crippen LogP contribution in [-0.2, 0) is 0 Å². The molecule has 0 radical (unpaired) electrons. The Morgan fingerprint density at radius 2 is 2.20 bits per heavy atom. The predicted octanol–water partition coefficient (Wildman–Crippen LogP) is 1.18. The highest BCUT2D eigenvalue weighted by Crippen LogP contribution is 2.28. The van der Waals surface area contributed by atoms with E-state index in [1.807, 2.05) is 12.1 Å². The lowest BCUT2D eigenvalue weighted by Crippen LogP contribution is -2.09. The van der Waals surface area contributed by atoms with E-state index in [2.05, 4.69) is 10.3 Å². The van der Waals surface area contributed by atoms with Gasteiger partial charge in [-0.1, -0.05) is 0 Å². The van der Waals surface area contributed by atoms with Crippen LogP contribution in [0.1, 0.15) is 18.0 Å². The number of nitrogens with one attached hydrogen (secondary N) is 1. The summed E-state index contributed by atoms with van der Waals surface area (Å²) < 4.78 is 10.3. The van der Waals surface area contributed by atoms with Crippen LogP contribution in [0.3, 0.4) is 0 Å². The number of ether oxygens (including phenoxy) is 2. The van der Waals surface area contributed by atoms with Crippen molar-refractivity contribution >= 4 is 0 Å². The Morgan fingerprint density at radius 1 is 1.33 bits per heavy atom. The number of methoxy groups -OCH3 is 2. The minimum atomic E-state index is 0.504. The van der Waals surface area contributed by atoms with Crippen LogP contribution in [-0.4, -0.2) is 32.3 Å². The quantitative estimate of drug-likeness (QED) is 0.810. The van der Waals surface area contributed by atoms with Crippen LogP contribution in [0.2, 0.25) is 0 Å². The monoisotopic (exact) mass is 208 g/mol. The van der Waals surface area contributed by atoms with Crippen LogP contribution in [0.15, 0.2) is 12.1 Å². The standard InChI is InChI=1S/C11H16N2O2/c1-14-10-4-3-9(13-11(10)15-2)8-5-6-12-7-8/h3-4,8,12H,5-7H2,1-2H3. The molecule has 0 spiro atoms. The maximum atomic E-state index is 5.18. The Bertz CT molecular complexity index is 335. The highest BCUT2D eigenvalue weighted by Gasteiger charge is 2.19. The van der Waals surface area contributed by atoms with Crippen molar-refractivity contribution < 1.29 is 9.47 Å². The SMILES string of the molecule is COc1ccc(C2CCNC2)nc1OC. The van der Waals surface area contributed by atoms with Crippen LogP contribution in [0.5, 0.6) is 11.6 Å². The summed E-state index contributed by atoms with van der Waals surface area (Å²) in [5, 5.41) is 3.32. The third-order valence-corrected chi connectivity index (χ3v) is 2.74. The molecule has 0 aromatic carbocycles. The molecule has 2 rings (SSSR count). The fraction of sp³-hybridized carbons (Fsp3) is 0.545. The van der Waals surface area contributed by atoms with Crippen LogP contribution >= 0.6 is 0 Å². The maximum absolute atomic E-state index is 5.18. The number of rotatable bonds is 3. The van der Waals surface area contributed by atoms with E-state index in [9.17, 15) is 0 Å². The molecule has 1 atom stereocenters. The molecule has 2 heterocycles. The lowest BCUT2D eigenvalue weighted by Gasteiger charge is -2.11. The second-order valence-corrected chi connectivity index (χ2v) is 3.64. The predicted molar refractivity (Wildman–Crippen MR) is 57.6 cm³/mol. The normalized spacial score (nSPS) is 20.3. The van der Waals surface area contributed by atoms with Crippen LogP contribution in [0.4, 0.5) is 0 Å². The van der Waals surface area contributed by atoms with Crippen molar-refractivity contribution in [1.29, 1.82) is 0 Å². The van der Waals surface area contributed by atoms with Crippen molar-refractivity contribution in [3.05, 3.63) is 17.8 Å². The van der Waals surface area contributed by atoms with Gasteiger partial charge in [-0.3, -0.25) is 0 Å². The molecule has 4 nitrogen and oxygen atoms in total. The summed E-state index contributed by atoms with van der Waals surface area (Å²) >= 11 is 0. The van der Waals surface area contributed by atoms with E-state index >= 15 is 0 Å². The van der Waals surface area contributed by atoms with Gasteiger partial charge in [-0.05, 0) is 25.1 Å². The van der Waals surface area contributed by atoms with Gasteiger partial charge in [-0.15, -0.1) is 0 Å². The lowest BCUT2D eigenvalue weighted by atomic mass is 10.0. The molecule has 0 amide bonds. The Hall–Kier alpha value is -1.29. The largest absolute Gasteiger partial charge is 0.491 e. The van der Waals surface area contributed by atoms with Crippen LogP contribution < -0.4 is 14.8 Å². The highest BCUT2D eigenvalue weighted by atomic mass is 16.5. The van der Waals surface area contributed by atoms with Crippen molar-refractivity contribution in [3.8, 4) is 11.6 Å². The topological polar surface area (TPSA) is 43.4 Å². The molecule has 15 heavy (non-hydrogen) atoms. The molecular weight excluding hydrogens is 192 g/mol. The molecule has 1 aliphatic heterocycles. The molecule has 1 fully saturated rings. The fourth-order valence-electron chi connectivity index (χ4n) is 1.88. The molecule has 1 saturated heterocycles. The molecule has 82 valence electrons. The maximum Gasteiger partial charge on any atom is 0.256 e. The van der Waals surface area contributed by atoms with Crippen LogP contribution in [0, 0.1) is 0 Å². The van der Waals surface area contributed by atoms with Gasteiger partial charge in [-0.2, -0.15) is 0 Å². The third kappa shape index (κ3) is 2.04. The molecule has 0 aliphatic carbocycles. The van der Waals surface area contributed by atoms with Crippen molar-refractivity contribution in [1.82, 2.24) is 10.3 Å². The molecule has 1 aliphatic rings. The summed E-state index contributed by atoms with van der Waals surface area (Å²) in [5.74, 6) is 1.76. The van der Waals surface area contributed by atoms with E-state index in [4.69, 9.17) is 9.47 Å². The zero-order valence-corrected chi connectivity index (χ0v) is 9.12. The number of hydrogen-bond acceptors (Lipinski definition) is 4. The molecular formula is C11H16N2O2. The first-order chi connectivity index (χ1) is 7.35. The second-order valence-electron chi connectivity index (χ2n) is 3.64. The molecule has 1 N–H and O–H groups in total. The first-order valence-electron chi connectivity index (χ1n) is 5.14. The van der Waals surface area contributed by atoms with Gasteiger partial charge in [0.15, 0.2) is 5.75 Å². The zero-order valence-electron chi connectivity index (χ0n) is 9.12. The third-order valence-electron chi connectivity index (χ3n) is 2.74. The molecule has 4 heteroatoms. The van der Waals surface area contributed by atoms with E-state index in [-0.39, 0.29) is 0 Å². The molecule has 1 unspecified atom stereocenters. The summed E-state index contributed by atoms with van der Waals surface area (Å²) in [7, 11) is 3.23. The van der Waals surface area contributed by atoms with Gasteiger partial charge >= 0.3 is 0 Å². The summed E-state index contributed by atoms with van der Waals surface area (Å²) in [6.07, 6.45) is 1.14. The lowest BCUT2D eigenvalue weighted by molar-refractivity contribution is 0.341. The summed E-state index contributed by atoms with van der Waals surface area (Å²) in [4.78, 5) is 4.46. The minimum absolute atomic E-state index is 0.504. The first kappa shape index (κ1) is 10.2. The summed E-state index contributed by atoms with van der Waals surface area (Å²) in [6.45, 7) is 2.07. The van der Waals surface area contributed by atoms with Gasteiger partial charge in [-0.25, -0.2) is 4.98 Å². The van der Waals surface area contributed by atoms with Gasteiger partial charge < -0.3 is 14.8 Å². The first-order valence-corrected chi connectivity index (χ1v) is 5.14. The van der Waals surface area contributed by atoms with E-state index in [1.165, 1.54) is 0 Å². The van der Waals surface area contributed by atoms with E-state index in [0.29, 0.717) is 17.5 Å². The van der Waals surface area contributed by atoms with Crippen LogP contribution in [0.25, 0.3) is 0 Å². The molecule has 0 bridgehead atoms. The molecule has 1 aromatic heterocycles. The van der Waals surface area contributed by atoms with Crippen molar-refractivity contribution in [2.75, 3.05) is 27.3 Å². The van der Waals surface area contributed by atoms with E-state index in [1.54, 1.807) is 14.2 Å². The number of hydrogen-bond donors (Lipinski definition) is 1. The number of aromatic nitrogens is 1. The Morgan fingerprint density at radius 3 is 2.80 bits per heavy atom. The molecule has 0 saturated carbocycles. The van der Waals surface area contributed by atoms with Crippen molar-refractivity contribution in [3.63, 3.8) is 0 Å². The van der Waals surface area contributed by atoms with Crippen molar-refractivity contribution in [2.24, 2.45) is 0 Å². The Balaban J connectivity index is 2.25. The highest BCUT2D eigenvalue weighted by molar-refractivity contribution is 5.35. The Kier molecular flexibility index (Phi) is 3.06. The average molecular weight is 208 g/mol. The average Bonchev–Trinajstić information content (AvgIpc) is 2.81. The summed E-state index contributed by atoms with van der Waals surface area (Å²) in [6, 6.07) is 3.93. The smallest absolute Gasteiger partial charge is 0.256 e. The number of nitrogens with zero attached hydrogens (tertiary/aromatic N) is 1.